The summed E-state index contributed by atoms with van der Waals surface area (Å²) in [4.78, 5) is 30.8. The smallest absolute Gasteiger partial charge is 0.251 e. The summed E-state index contributed by atoms with van der Waals surface area (Å²) in [7, 11) is 0. The molecule has 0 aliphatic heterocycles. The van der Waals surface area contributed by atoms with Gasteiger partial charge in [-0.05, 0) is 33.3 Å². The van der Waals surface area contributed by atoms with Gasteiger partial charge in [0, 0.05) is 16.3 Å². The molecule has 0 aliphatic carbocycles. The Balaban J connectivity index is 1.95. The molecule has 0 bridgehead atoms. The molecule has 1 amide bonds. The minimum Gasteiger partial charge on any atom is -0.324 e. The maximum absolute atomic E-state index is 12.0. The highest BCUT2D eigenvalue weighted by atomic mass is 79.9. The number of carbonyl (C=O) groups is 1. The first kappa shape index (κ1) is 19.1. The molecule has 0 radical (unpaired) electrons. The van der Waals surface area contributed by atoms with Gasteiger partial charge in [-0.15, -0.1) is 0 Å². The molecule has 1 heterocycles. The molecule has 1 aromatic heterocycles. The van der Waals surface area contributed by atoms with Crippen LogP contribution >= 0.6 is 39.5 Å². The number of anilines is 1. The summed E-state index contributed by atoms with van der Waals surface area (Å²) in [6.45, 7) is 4.19. The number of aromatic amines is 1. The van der Waals surface area contributed by atoms with E-state index in [0.29, 0.717) is 21.8 Å². The summed E-state index contributed by atoms with van der Waals surface area (Å²) in [5.41, 5.74) is 1.25. The lowest BCUT2D eigenvalue weighted by molar-refractivity contribution is -0.113. The first-order chi connectivity index (χ1) is 11.4. The van der Waals surface area contributed by atoms with Gasteiger partial charge in [0.05, 0.1) is 17.1 Å². The summed E-state index contributed by atoms with van der Waals surface area (Å²) in [6, 6.07) is 8.90. The molecular formula is C16H18BrN3O2S2. The molecule has 2 aromatic rings. The van der Waals surface area contributed by atoms with Crippen LogP contribution in [0.25, 0.3) is 0 Å². The van der Waals surface area contributed by atoms with E-state index in [1.807, 2.05) is 24.3 Å². The van der Waals surface area contributed by atoms with Crippen molar-refractivity contribution in [3.05, 3.63) is 50.9 Å². The molecule has 128 valence electrons. The summed E-state index contributed by atoms with van der Waals surface area (Å²) < 4.78 is 0.822. The monoisotopic (exact) mass is 427 g/mol. The number of rotatable bonds is 7. The molecule has 2 rings (SSSR count). The maximum atomic E-state index is 12.0. The van der Waals surface area contributed by atoms with Crippen molar-refractivity contribution < 1.29 is 4.79 Å². The third-order valence-corrected chi connectivity index (χ3v) is 5.52. The number of para-hydroxylation sites is 1. The molecule has 0 fully saturated rings. The SMILES string of the molecule is CC(C)SCc1cc(=O)[nH]c(SCC(=O)Nc2ccccc2Br)n1. The van der Waals surface area contributed by atoms with Crippen molar-refractivity contribution in [3.8, 4) is 0 Å². The predicted octanol–water partition coefficient (Wildman–Crippen LogP) is 3.90. The Morgan fingerprint density at radius 2 is 2.12 bits per heavy atom. The van der Waals surface area contributed by atoms with E-state index in [1.54, 1.807) is 11.8 Å². The number of amides is 1. The Labute approximate surface area is 157 Å². The Bertz CT molecular complexity index is 765. The molecule has 24 heavy (non-hydrogen) atoms. The number of nitrogens with zero attached hydrogens (tertiary/aromatic N) is 1. The zero-order valence-electron chi connectivity index (χ0n) is 13.3. The highest BCUT2D eigenvalue weighted by Gasteiger charge is 2.09. The van der Waals surface area contributed by atoms with Gasteiger partial charge < -0.3 is 10.3 Å². The number of hydrogen-bond acceptors (Lipinski definition) is 5. The quantitative estimate of drug-likeness (QED) is 0.517. The number of benzene rings is 1. The number of carbonyl (C=O) groups excluding carboxylic acids is 1. The van der Waals surface area contributed by atoms with E-state index in [2.05, 4.69) is 45.1 Å². The molecule has 0 aliphatic rings. The lowest BCUT2D eigenvalue weighted by Gasteiger charge is -2.08. The third-order valence-electron chi connectivity index (χ3n) is 2.83. The van der Waals surface area contributed by atoms with Crippen LogP contribution in [0.2, 0.25) is 0 Å². The normalized spacial score (nSPS) is 10.8. The van der Waals surface area contributed by atoms with Gasteiger partial charge in [-0.1, -0.05) is 37.7 Å². The fourth-order valence-electron chi connectivity index (χ4n) is 1.76. The third kappa shape index (κ3) is 6.33. The van der Waals surface area contributed by atoms with Crippen LogP contribution in [0.3, 0.4) is 0 Å². The van der Waals surface area contributed by atoms with Gasteiger partial charge in [0.1, 0.15) is 0 Å². The average Bonchev–Trinajstić information content (AvgIpc) is 2.53. The van der Waals surface area contributed by atoms with E-state index in [4.69, 9.17) is 0 Å². The molecule has 1 aromatic carbocycles. The zero-order valence-corrected chi connectivity index (χ0v) is 16.6. The largest absolute Gasteiger partial charge is 0.324 e. The van der Waals surface area contributed by atoms with E-state index in [9.17, 15) is 9.59 Å². The number of halogens is 1. The highest BCUT2D eigenvalue weighted by Crippen LogP contribution is 2.22. The molecule has 0 unspecified atom stereocenters. The fourth-order valence-corrected chi connectivity index (χ4v) is 3.49. The fraction of sp³-hybridized carbons (Fsp3) is 0.312. The van der Waals surface area contributed by atoms with Crippen molar-refractivity contribution in [1.82, 2.24) is 9.97 Å². The lowest BCUT2D eigenvalue weighted by atomic mass is 10.3. The number of nitrogens with one attached hydrogen (secondary N) is 2. The van der Waals surface area contributed by atoms with E-state index >= 15 is 0 Å². The molecule has 2 N–H and O–H groups in total. The van der Waals surface area contributed by atoms with Gasteiger partial charge in [0.15, 0.2) is 5.16 Å². The zero-order chi connectivity index (χ0) is 17.5. The molecule has 0 atom stereocenters. The average molecular weight is 428 g/mol. The van der Waals surface area contributed by atoms with Crippen molar-refractivity contribution in [3.63, 3.8) is 0 Å². The summed E-state index contributed by atoms with van der Waals surface area (Å²) in [5, 5.41) is 3.75. The second-order valence-corrected chi connectivity index (χ2v) is 8.60. The Kier molecular flexibility index (Phi) is 7.39. The predicted molar refractivity (Wildman–Crippen MR) is 105 cm³/mol. The van der Waals surface area contributed by atoms with Crippen molar-refractivity contribution >= 4 is 51.0 Å². The Morgan fingerprint density at radius 3 is 2.83 bits per heavy atom. The molecule has 0 saturated carbocycles. The Hall–Kier alpha value is -1.25. The van der Waals surface area contributed by atoms with E-state index in [0.717, 1.165) is 10.2 Å². The highest BCUT2D eigenvalue weighted by molar-refractivity contribution is 9.10. The van der Waals surface area contributed by atoms with Crippen molar-refractivity contribution in [1.29, 1.82) is 0 Å². The van der Waals surface area contributed by atoms with E-state index < -0.39 is 0 Å². The number of hydrogen-bond donors (Lipinski definition) is 2. The van der Waals surface area contributed by atoms with Crippen molar-refractivity contribution in [2.24, 2.45) is 0 Å². The topological polar surface area (TPSA) is 74.8 Å². The first-order valence-corrected chi connectivity index (χ1v) is 10.2. The van der Waals surface area contributed by atoms with Crippen molar-refractivity contribution in [2.45, 2.75) is 30.0 Å². The number of H-pyrrole nitrogens is 1. The molecular weight excluding hydrogens is 410 g/mol. The van der Waals surface area contributed by atoms with Gasteiger partial charge in [-0.2, -0.15) is 11.8 Å². The van der Waals surface area contributed by atoms with Crippen LogP contribution in [0.5, 0.6) is 0 Å². The van der Waals surface area contributed by atoms with Gasteiger partial charge in [0.2, 0.25) is 5.91 Å². The lowest BCUT2D eigenvalue weighted by Crippen LogP contribution is -2.16. The molecule has 8 heteroatoms. The van der Waals surface area contributed by atoms with Crippen LogP contribution in [0, 0.1) is 0 Å². The maximum Gasteiger partial charge on any atom is 0.251 e. The van der Waals surface area contributed by atoms with Crippen LogP contribution in [0.4, 0.5) is 5.69 Å². The van der Waals surface area contributed by atoms with Crippen LogP contribution in [0.15, 0.2) is 44.8 Å². The number of thioether (sulfide) groups is 2. The standard InChI is InChI=1S/C16H18BrN3O2S2/c1-10(2)23-8-11-7-14(21)20-16(18-11)24-9-15(22)19-13-6-4-3-5-12(13)17/h3-7,10H,8-9H2,1-2H3,(H,19,22)(H,18,20,21). The van der Waals surface area contributed by atoms with Gasteiger partial charge in [0.25, 0.3) is 5.56 Å². The molecule has 0 spiro atoms. The van der Waals surface area contributed by atoms with E-state index in [-0.39, 0.29) is 17.2 Å². The Morgan fingerprint density at radius 1 is 1.38 bits per heavy atom. The van der Waals surface area contributed by atoms with Crippen LogP contribution in [0.1, 0.15) is 19.5 Å². The second-order valence-electron chi connectivity index (χ2n) is 5.22. The molecule has 0 saturated heterocycles. The number of aromatic nitrogens is 2. The van der Waals surface area contributed by atoms with Crippen molar-refractivity contribution in [2.75, 3.05) is 11.1 Å². The minimum absolute atomic E-state index is 0.156. The van der Waals surface area contributed by atoms with Gasteiger partial charge in [-0.3, -0.25) is 9.59 Å². The summed E-state index contributed by atoms with van der Waals surface area (Å²) >= 11 is 6.32. The first-order valence-electron chi connectivity index (χ1n) is 7.33. The van der Waals surface area contributed by atoms with Gasteiger partial charge in [-0.25, -0.2) is 4.98 Å². The second kappa shape index (κ2) is 9.29. The summed E-state index contributed by atoms with van der Waals surface area (Å²) in [6.07, 6.45) is 0. The van der Waals surface area contributed by atoms with Crippen LogP contribution < -0.4 is 10.9 Å². The van der Waals surface area contributed by atoms with Crippen LogP contribution in [-0.4, -0.2) is 26.9 Å². The summed E-state index contributed by atoms with van der Waals surface area (Å²) in [5.74, 6) is 0.695. The molecule has 5 nitrogen and oxygen atoms in total. The van der Waals surface area contributed by atoms with Gasteiger partial charge >= 0.3 is 0 Å². The van der Waals surface area contributed by atoms with Crippen LogP contribution in [-0.2, 0) is 10.5 Å². The van der Waals surface area contributed by atoms with E-state index in [1.165, 1.54) is 17.8 Å². The minimum atomic E-state index is -0.196.